The summed E-state index contributed by atoms with van der Waals surface area (Å²) in [6, 6.07) is 4.91. The van der Waals surface area contributed by atoms with E-state index in [1.807, 2.05) is 6.92 Å². The molecule has 0 radical (unpaired) electrons. The lowest BCUT2D eigenvalue weighted by Gasteiger charge is -2.13. The Kier molecular flexibility index (Phi) is 4.05. The zero-order valence-corrected chi connectivity index (χ0v) is 8.73. The highest BCUT2D eigenvalue weighted by atomic mass is 16.5. The Morgan fingerprint density at radius 1 is 1.67 bits per heavy atom. The summed E-state index contributed by atoms with van der Waals surface area (Å²) in [5.74, 6) is -0.488. The second-order valence-electron chi connectivity index (χ2n) is 3.21. The number of nitrogens with one attached hydrogen (secondary N) is 1. The molecular weight excluding hydrogens is 196 g/mol. The van der Waals surface area contributed by atoms with E-state index in [9.17, 15) is 4.79 Å². The average molecular weight is 210 g/mol. The minimum atomic E-state index is -1.03. The molecule has 5 nitrogen and oxygen atoms in total. The van der Waals surface area contributed by atoms with Crippen molar-refractivity contribution in [3.05, 3.63) is 23.9 Å². The first-order valence-corrected chi connectivity index (χ1v) is 4.59. The Balaban J connectivity index is 2.69. The normalized spacial score (nSPS) is 12.1. The van der Waals surface area contributed by atoms with Crippen LogP contribution in [0.1, 0.15) is 17.4 Å². The van der Waals surface area contributed by atoms with E-state index >= 15 is 0 Å². The number of methoxy groups -OCH3 is 1. The fourth-order valence-corrected chi connectivity index (χ4v) is 1.18. The summed E-state index contributed by atoms with van der Waals surface area (Å²) in [6.07, 6.45) is 0. The number of hydrogen-bond acceptors (Lipinski definition) is 4. The molecule has 0 bridgehead atoms. The number of nitrogens with zero attached hydrogens (tertiary/aromatic N) is 1. The molecule has 0 spiro atoms. The summed E-state index contributed by atoms with van der Waals surface area (Å²) in [5.41, 5.74) is 0.0321. The molecule has 15 heavy (non-hydrogen) atoms. The van der Waals surface area contributed by atoms with Gasteiger partial charge >= 0.3 is 5.97 Å². The molecule has 1 aromatic heterocycles. The standard InChI is InChI=1S/C10H14N2O3/c1-7(6-15-2)11-9-5-3-4-8(12-9)10(13)14/h3-5,7H,6H2,1-2H3,(H,11,12)(H,13,14)/t7-/m1/s1. The highest BCUT2D eigenvalue weighted by Gasteiger charge is 2.06. The zero-order chi connectivity index (χ0) is 11.3. The number of hydrogen-bond donors (Lipinski definition) is 2. The van der Waals surface area contributed by atoms with Crippen LogP contribution in [0.2, 0.25) is 0 Å². The molecule has 2 N–H and O–H groups in total. The second kappa shape index (κ2) is 5.31. The van der Waals surface area contributed by atoms with Crippen molar-refractivity contribution in [3.63, 3.8) is 0 Å². The topological polar surface area (TPSA) is 71.5 Å². The maximum atomic E-state index is 10.6. The van der Waals surface area contributed by atoms with Crippen molar-refractivity contribution in [1.82, 2.24) is 4.98 Å². The molecule has 0 aliphatic rings. The number of carbonyl (C=O) groups is 1. The summed E-state index contributed by atoms with van der Waals surface area (Å²) < 4.78 is 4.95. The summed E-state index contributed by atoms with van der Waals surface area (Å²) in [6.45, 7) is 2.47. The van der Waals surface area contributed by atoms with Crippen LogP contribution in [0.15, 0.2) is 18.2 Å². The van der Waals surface area contributed by atoms with Crippen molar-refractivity contribution >= 4 is 11.8 Å². The quantitative estimate of drug-likeness (QED) is 0.764. The molecule has 0 amide bonds. The second-order valence-corrected chi connectivity index (χ2v) is 3.21. The van der Waals surface area contributed by atoms with Gasteiger partial charge in [-0.15, -0.1) is 0 Å². The predicted molar refractivity (Wildman–Crippen MR) is 56.2 cm³/mol. The lowest BCUT2D eigenvalue weighted by atomic mass is 10.3. The Labute approximate surface area is 88.1 Å². The Hall–Kier alpha value is -1.62. The van der Waals surface area contributed by atoms with E-state index in [1.165, 1.54) is 6.07 Å². The molecule has 1 atom stereocenters. The van der Waals surface area contributed by atoms with Crippen LogP contribution in [-0.2, 0) is 4.74 Å². The zero-order valence-electron chi connectivity index (χ0n) is 8.73. The van der Waals surface area contributed by atoms with Gasteiger partial charge in [0.05, 0.1) is 6.61 Å². The van der Waals surface area contributed by atoms with Crippen molar-refractivity contribution in [3.8, 4) is 0 Å². The van der Waals surface area contributed by atoms with Gasteiger partial charge < -0.3 is 15.2 Å². The van der Waals surface area contributed by atoms with Gasteiger partial charge in [-0.1, -0.05) is 6.07 Å². The molecule has 0 fully saturated rings. The predicted octanol–water partition coefficient (Wildman–Crippen LogP) is 1.23. The van der Waals surface area contributed by atoms with E-state index in [0.29, 0.717) is 12.4 Å². The smallest absolute Gasteiger partial charge is 0.354 e. The molecule has 0 unspecified atom stereocenters. The fourth-order valence-electron chi connectivity index (χ4n) is 1.18. The van der Waals surface area contributed by atoms with Crippen LogP contribution < -0.4 is 5.32 Å². The van der Waals surface area contributed by atoms with Crippen molar-refractivity contribution in [1.29, 1.82) is 0 Å². The first-order chi connectivity index (χ1) is 7.13. The third kappa shape index (κ3) is 3.55. The van der Waals surface area contributed by atoms with Gasteiger partial charge in [-0.05, 0) is 19.1 Å². The number of aromatic nitrogens is 1. The largest absolute Gasteiger partial charge is 0.477 e. The first-order valence-electron chi connectivity index (χ1n) is 4.59. The average Bonchev–Trinajstić information content (AvgIpc) is 2.18. The highest BCUT2D eigenvalue weighted by molar-refractivity contribution is 5.85. The maximum Gasteiger partial charge on any atom is 0.354 e. The van der Waals surface area contributed by atoms with Gasteiger partial charge in [-0.2, -0.15) is 0 Å². The molecule has 0 saturated heterocycles. The van der Waals surface area contributed by atoms with Gasteiger partial charge in [-0.25, -0.2) is 9.78 Å². The van der Waals surface area contributed by atoms with Gasteiger partial charge in [0, 0.05) is 13.2 Å². The lowest BCUT2D eigenvalue weighted by Crippen LogP contribution is -2.21. The van der Waals surface area contributed by atoms with Crippen molar-refractivity contribution in [2.24, 2.45) is 0 Å². The number of rotatable bonds is 5. The third-order valence-corrected chi connectivity index (χ3v) is 1.78. The van der Waals surface area contributed by atoms with Crippen LogP contribution in [0.4, 0.5) is 5.82 Å². The monoisotopic (exact) mass is 210 g/mol. The van der Waals surface area contributed by atoms with Crippen LogP contribution in [-0.4, -0.2) is 35.8 Å². The van der Waals surface area contributed by atoms with E-state index in [4.69, 9.17) is 9.84 Å². The molecule has 82 valence electrons. The first kappa shape index (κ1) is 11.5. The number of carboxylic acids is 1. The van der Waals surface area contributed by atoms with Crippen LogP contribution >= 0.6 is 0 Å². The summed E-state index contributed by atoms with van der Waals surface area (Å²) >= 11 is 0. The molecule has 0 aliphatic heterocycles. The Morgan fingerprint density at radius 3 is 3.00 bits per heavy atom. The van der Waals surface area contributed by atoms with Gasteiger partial charge in [0.15, 0.2) is 5.69 Å². The Bertz CT molecular complexity index is 341. The van der Waals surface area contributed by atoms with Crippen molar-refractivity contribution < 1.29 is 14.6 Å². The van der Waals surface area contributed by atoms with E-state index in [0.717, 1.165) is 0 Å². The highest BCUT2D eigenvalue weighted by Crippen LogP contribution is 2.06. The molecule has 0 saturated carbocycles. The van der Waals surface area contributed by atoms with Crippen LogP contribution in [0.3, 0.4) is 0 Å². The number of pyridine rings is 1. The molecule has 0 aromatic carbocycles. The molecule has 0 aliphatic carbocycles. The van der Waals surface area contributed by atoms with Crippen molar-refractivity contribution in [2.75, 3.05) is 19.0 Å². The maximum absolute atomic E-state index is 10.6. The van der Waals surface area contributed by atoms with E-state index in [1.54, 1.807) is 19.2 Å². The minimum Gasteiger partial charge on any atom is -0.477 e. The van der Waals surface area contributed by atoms with Gasteiger partial charge in [0.2, 0.25) is 0 Å². The SMILES string of the molecule is COC[C@@H](C)Nc1cccc(C(=O)O)n1. The molecule has 5 heteroatoms. The number of aromatic carboxylic acids is 1. The van der Waals surface area contributed by atoms with E-state index in [-0.39, 0.29) is 11.7 Å². The van der Waals surface area contributed by atoms with Gasteiger partial charge in [0.1, 0.15) is 5.82 Å². The molecule has 1 heterocycles. The summed E-state index contributed by atoms with van der Waals surface area (Å²) in [5, 5.41) is 11.8. The Morgan fingerprint density at radius 2 is 2.40 bits per heavy atom. The lowest BCUT2D eigenvalue weighted by molar-refractivity contribution is 0.0690. The van der Waals surface area contributed by atoms with Crippen LogP contribution in [0, 0.1) is 0 Å². The van der Waals surface area contributed by atoms with Crippen LogP contribution in [0.25, 0.3) is 0 Å². The number of carboxylic acid groups (broad SMARTS) is 1. The molecule has 1 aromatic rings. The fraction of sp³-hybridized carbons (Fsp3) is 0.400. The molecule has 1 rings (SSSR count). The van der Waals surface area contributed by atoms with E-state index in [2.05, 4.69) is 10.3 Å². The summed E-state index contributed by atoms with van der Waals surface area (Å²) in [4.78, 5) is 14.6. The number of ether oxygens (including phenoxy) is 1. The number of anilines is 1. The minimum absolute atomic E-state index is 0.0321. The van der Waals surface area contributed by atoms with Gasteiger partial charge in [-0.3, -0.25) is 0 Å². The molecular formula is C10H14N2O3. The van der Waals surface area contributed by atoms with Gasteiger partial charge in [0.25, 0.3) is 0 Å². The summed E-state index contributed by atoms with van der Waals surface area (Å²) in [7, 11) is 1.61. The third-order valence-electron chi connectivity index (χ3n) is 1.78. The van der Waals surface area contributed by atoms with E-state index < -0.39 is 5.97 Å². The van der Waals surface area contributed by atoms with Crippen molar-refractivity contribution in [2.45, 2.75) is 13.0 Å². The van der Waals surface area contributed by atoms with Crippen LogP contribution in [0.5, 0.6) is 0 Å².